The average molecular weight is 298 g/mol. The normalized spacial score (nSPS) is 17.4. The van der Waals surface area contributed by atoms with E-state index in [9.17, 15) is 9.18 Å². The van der Waals surface area contributed by atoms with Gasteiger partial charge < -0.3 is 24.8 Å². The zero-order chi connectivity index (χ0) is 15.1. The smallest absolute Gasteiger partial charge is 0.407 e. The van der Waals surface area contributed by atoms with Gasteiger partial charge in [0.2, 0.25) is 0 Å². The van der Waals surface area contributed by atoms with Gasteiger partial charge in [-0.2, -0.15) is 0 Å². The molecule has 1 amide bonds. The van der Waals surface area contributed by atoms with Crippen molar-refractivity contribution in [3.8, 4) is 5.75 Å². The fourth-order valence-electron chi connectivity index (χ4n) is 1.95. The number of nitrogens with one attached hydrogen (secondary N) is 2. The minimum Gasteiger partial charge on any atom is -0.486 e. The SMILES string of the molecule is COCCNCc1cccc(F)c1OCC1CNC(=O)O1. The molecule has 116 valence electrons. The first-order valence-corrected chi connectivity index (χ1v) is 6.75. The topological polar surface area (TPSA) is 68.8 Å². The number of methoxy groups -OCH3 is 1. The number of rotatable bonds is 8. The predicted molar refractivity (Wildman–Crippen MR) is 73.7 cm³/mol. The van der Waals surface area contributed by atoms with Crippen LogP contribution in [0.15, 0.2) is 18.2 Å². The lowest BCUT2D eigenvalue weighted by molar-refractivity contribution is 0.103. The molecule has 21 heavy (non-hydrogen) atoms. The minimum atomic E-state index is -0.474. The van der Waals surface area contributed by atoms with E-state index in [4.69, 9.17) is 14.2 Å². The Morgan fingerprint density at radius 2 is 2.38 bits per heavy atom. The second kappa shape index (κ2) is 7.80. The molecule has 0 radical (unpaired) electrons. The van der Waals surface area contributed by atoms with E-state index in [0.717, 1.165) is 0 Å². The van der Waals surface area contributed by atoms with E-state index in [2.05, 4.69) is 10.6 Å². The van der Waals surface area contributed by atoms with Crippen molar-refractivity contribution in [2.24, 2.45) is 0 Å². The summed E-state index contributed by atoms with van der Waals surface area (Å²) in [7, 11) is 1.62. The Morgan fingerprint density at radius 3 is 3.10 bits per heavy atom. The van der Waals surface area contributed by atoms with E-state index in [1.54, 1.807) is 19.2 Å². The molecular formula is C14H19FN2O4. The summed E-state index contributed by atoms with van der Waals surface area (Å²) in [6.07, 6.45) is -0.870. The van der Waals surface area contributed by atoms with Gasteiger partial charge in [-0.1, -0.05) is 12.1 Å². The van der Waals surface area contributed by atoms with Gasteiger partial charge >= 0.3 is 6.09 Å². The van der Waals surface area contributed by atoms with Crippen LogP contribution in [0.4, 0.5) is 9.18 Å². The molecule has 1 heterocycles. The highest BCUT2D eigenvalue weighted by atomic mass is 19.1. The number of para-hydroxylation sites is 1. The molecule has 1 unspecified atom stereocenters. The summed E-state index contributed by atoms with van der Waals surface area (Å²) in [5.74, 6) is -0.247. The Kier molecular flexibility index (Phi) is 5.77. The Morgan fingerprint density at radius 1 is 1.52 bits per heavy atom. The predicted octanol–water partition coefficient (Wildman–Crippen LogP) is 1.05. The molecule has 0 bridgehead atoms. The summed E-state index contributed by atoms with van der Waals surface area (Å²) >= 11 is 0. The molecule has 1 aromatic rings. The number of alkyl carbamates (subject to hydrolysis) is 1. The van der Waals surface area contributed by atoms with Gasteiger partial charge in [-0.3, -0.25) is 0 Å². The fraction of sp³-hybridized carbons (Fsp3) is 0.500. The number of cyclic esters (lactones) is 1. The lowest BCUT2D eigenvalue weighted by atomic mass is 10.2. The van der Waals surface area contributed by atoms with E-state index < -0.39 is 18.0 Å². The van der Waals surface area contributed by atoms with Crippen LogP contribution >= 0.6 is 0 Å². The van der Waals surface area contributed by atoms with E-state index in [-0.39, 0.29) is 12.4 Å². The molecule has 0 aromatic heterocycles. The van der Waals surface area contributed by atoms with Crippen molar-refractivity contribution in [2.45, 2.75) is 12.6 Å². The molecule has 1 aliphatic rings. The maximum Gasteiger partial charge on any atom is 0.407 e. The Hall–Kier alpha value is -1.86. The van der Waals surface area contributed by atoms with E-state index in [1.165, 1.54) is 6.07 Å². The van der Waals surface area contributed by atoms with Gasteiger partial charge in [0.05, 0.1) is 13.2 Å². The average Bonchev–Trinajstić information content (AvgIpc) is 2.88. The maximum absolute atomic E-state index is 13.9. The van der Waals surface area contributed by atoms with Crippen LogP contribution in [0.25, 0.3) is 0 Å². The van der Waals surface area contributed by atoms with Crippen molar-refractivity contribution in [3.63, 3.8) is 0 Å². The van der Waals surface area contributed by atoms with Crippen molar-refractivity contribution in [1.29, 1.82) is 0 Å². The van der Waals surface area contributed by atoms with Gasteiger partial charge in [0.1, 0.15) is 6.61 Å². The summed E-state index contributed by atoms with van der Waals surface area (Å²) in [6, 6.07) is 4.76. The zero-order valence-electron chi connectivity index (χ0n) is 11.9. The van der Waals surface area contributed by atoms with Crippen LogP contribution < -0.4 is 15.4 Å². The monoisotopic (exact) mass is 298 g/mol. The molecule has 2 rings (SSSR count). The standard InChI is InChI=1S/C14H19FN2O4/c1-19-6-5-16-7-10-3-2-4-12(15)13(10)20-9-11-8-17-14(18)21-11/h2-4,11,16H,5-9H2,1H3,(H,17,18). The van der Waals surface area contributed by atoms with Crippen LogP contribution in [-0.4, -0.2) is 45.6 Å². The number of carbonyl (C=O) groups is 1. The Bertz CT molecular complexity index is 484. The van der Waals surface area contributed by atoms with Crippen molar-refractivity contribution in [1.82, 2.24) is 10.6 Å². The first kappa shape index (κ1) is 15.5. The summed E-state index contributed by atoms with van der Waals surface area (Å²) in [5.41, 5.74) is 0.711. The highest BCUT2D eigenvalue weighted by Crippen LogP contribution is 2.23. The van der Waals surface area contributed by atoms with Crippen LogP contribution in [0.5, 0.6) is 5.75 Å². The van der Waals surface area contributed by atoms with Gasteiger partial charge in [0, 0.05) is 25.8 Å². The van der Waals surface area contributed by atoms with Gasteiger partial charge in [-0.15, -0.1) is 0 Å². The number of amides is 1. The summed E-state index contributed by atoms with van der Waals surface area (Å²) < 4.78 is 29.3. The first-order chi connectivity index (χ1) is 10.2. The van der Waals surface area contributed by atoms with Gasteiger partial charge in [0.15, 0.2) is 17.7 Å². The summed E-state index contributed by atoms with van der Waals surface area (Å²) in [5, 5.41) is 5.66. The van der Waals surface area contributed by atoms with Crippen molar-refractivity contribution in [2.75, 3.05) is 33.4 Å². The van der Waals surface area contributed by atoms with Crippen LogP contribution in [0, 0.1) is 5.82 Å². The number of halogens is 1. The Balaban J connectivity index is 1.91. The van der Waals surface area contributed by atoms with E-state index in [1.807, 2.05) is 0 Å². The molecule has 0 saturated carbocycles. The third-order valence-corrected chi connectivity index (χ3v) is 3.01. The van der Waals surface area contributed by atoms with Crippen molar-refractivity contribution in [3.05, 3.63) is 29.6 Å². The van der Waals surface area contributed by atoms with Crippen LogP contribution in [0.1, 0.15) is 5.56 Å². The third kappa shape index (κ3) is 4.57. The van der Waals surface area contributed by atoms with Gasteiger partial charge in [-0.05, 0) is 6.07 Å². The molecule has 1 atom stereocenters. The largest absolute Gasteiger partial charge is 0.486 e. The molecule has 0 aliphatic carbocycles. The second-order valence-electron chi connectivity index (χ2n) is 4.62. The minimum absolute atomic E-state index is 0.116. The molecule has 2 N–H and O–H groups in total. The molecule has 1 aliphatic heterocycles. The number of hydrogen-bond donors (Lipinski definition) is 2. The number of benzene rings is 1. The quantitative estimate of drug-likeness (QED) is 0.702. The number of hydrogen-bond acceptors (Lipinski definition) is 5. The fourth-order valence-corrected chi connectivity index (χ4v) is 1.95. The molecule has 0 spiro atoms. The first-order valence-electron chi connectivity index (χ1n) is 6.75. The lowest BCUT2D eigenvalue weighted by Gasteiger charge is -2.15. The van der Waals surface area contributed by atoms with Crippen LogP contribution in [-0.2, 0) is 16.0 Å². The van der Waals surface area contributed by atoms with Crippen LogP contribution in [0.3, 0.4) is 0 Å². The van der Waals surface area contributed by atoms with Crippen molar-refractivity contribution < 1.29 is 23.4 Å². The van der Waals surface area contributed by atoms with E-state index in [0.29, 0.717) is 31.8 Å². The number of ether oxygens (including phenoxy) is 3. The lowest BCUT2D eigenvalue weighted by Crippen LogP contribution is -2.23. The molecule has 1 aromatic carbocycles. The van der Waals surface area contributed by atoms with Crippen molar-refractivity contribution >= 4 is 6.09 Å². The van der Waals surface area contributed by atoms with Gasteiger partial charge in [0.25, 0.3) is 0 Å². The number of carbonyl (C=O) groups excluding carboxylic acids is 1. The highest BCUT2D eigenvalue weighted by molar-refractivity contribution is 5.69. The Labute approximate surface area is 122 Å². The second-order valence-corrected chi connectivity index (χ2v) is 4.62. The molecular weight excluding hydrogens is 279 g/mol. The molecule has 7 heteroatoms. The van der Waals surface area contributed by atoms with Gasteiger partial charge in [-0.25, -0.2) is 9.18 Å². The zero-order valence-corrected chi connectivity index (χ0v) is 11.9. The van der Waals surface area contributed by atoms with E-state index >= 15 is 0 Å². The summed E-state index contributed by atoms with van der Waals surface area (Å²) in [6.45, 7) is 2.20. The highest BCUT2D eigenvalue weighted by Gasteiger charge is 2.23. The molecule has 6 nitrogen and oxygen atoms in total. The third-order valence-electron chi connectivity index (χ3n) is 3.01. The maximum atomic E-state index is 13.9. The summed E-state index contributed by atoms with van der Waals surface area (Å²) in [4.78, 5) is 10.9. The van der Waals surface area contributed by atoms with Crippen LogP contribution in [0.2, 0.25) is 0 Å². The molecule has 1 saturated heterocycles. The molecule has 1 fully saturated rings.